The van der Waals surface area contributed by atoms with Crippen molar-refractivity contribution in [1.82, 2.24) is 10.3 Å². The highest BCUT2D eigenvalue weighted by atomic mass is 16.6. The minimum absolute atomic E-state index is 0.273. The lowest BCUT2D eigenvalue weighted by atomic mass is 10.1. The number of benzene rings is 2. The van der Waals surface area contributed by atoms with Crippen LogP contribution in [0.25, 0.3) is 11.3 Å². The van der Waals surface area contributed by atoms with E-state index in [0.29, 0.717) is 23.6 Å². The molecule has 1 aromatic heterocycles. The van der Waals surface area contributed by atoms with Crippen LogP contribution in [0.15, 0.2) is 53.2 Å². The van der Waals surface area contributed by atoms with Gasteiger partial charge in [0.15, 0.2) is 5.69 Å². The number of rotatable bonds is 5. The summed E-state index contributed by atoms with van der Waals surface area (Å²) in [5.74, 6) is 0.462. The number of aryl methyl sites for hydroxylation is 1. The monoisotopic (exact) mass is 323 g/mol. The number of amides is 1. The molecule has 0 atom stereocenters. The molecule has 0 bridgehead atoms. The Bertz CT molecular complexity index is 841. The number of para-hydroxylation sites is 1. The van der Waals surface area contributed by atoms with E-state index >= 15 is 0 Å². The summed E-state index contributed by atoms with van der Waals surface area (Å²) in [5, 5.41) is 10.4. The molecule has 6 nitrogen and oxygen atoms in total. The molecule has 3 aromatic rings. The lowest BCUT2D eigenvalue weighted by molar-refractivity contribution is 0.102. The molecule has 0 aliphatic heterocycles. The summed E-state index contributed by atoms with van der Waals surface area (Å²) in [5.41, 5.74) is 2.86. The van der Waals surface area contributed by atoms with Gasteiger partial charge < -0.3 is 10.1 Å². The maximum Gasteiger partial charge on any atom is 0.260 e. The highest BCUT2D eigenvalue weighted by Crippen LogP contribution is 2.26. The molecule has 0 radical (unpaired) electrons. The van der Waals surface area contributed by atoms with Gasteiger partial charge in [0.1, 0.15) is 5.75 Å². The Morgan fingerprint density at radius 2 is 1.88 bits per heavy atom. The number of nitrogens with zero attached hydrogens (tertiary/aromatic N) is 2. The fraction of sp³-hybridized carbons (Fsp3) is 0.167. The maximum absolute atomic E-state index is 12.5. The summed E-state index contributed by atoms with van der Waals surface area (Å²) in [6.07, 6.45) is 0. The summed E-state index contributed by atoms with van der Waals surface area (Å²) < 4.78 is 10.3. The molecule has 0 aliphatic carbocycles. The first kappa shape index (κ1) is 15.7. The van der Waals surface area contributed by atoms with Crippen LogP contribution in [-0.4, -0.2) is 22.8 Å². The molecule has 0 saturated heterocycles. The fourth-order valence-corrected chi connectivity index (χ4v) is 2.28. The van der Waals surface area contributed by atoms with Crippen molar-refractivity contribution < 1.29 is 14.2 Å². The van der Waals surface area contributed by atoms with E-state index in [1.54, 1.807) is 18.2 Å². The molecule has 1 heterocycles. The lowest BCUT2D eigenvalue weighted by Crippen LogP contribution is -2.14. The molecule has 3 rings (SSSR count). The minimum Gasteiger partial charge on any atom is -0.493 e. The minimum atomic E-state index is -0.330. The van der Waals surface area contributed by atoms with Crippen molar-refractivity contribution in [2.24, 2.45) is 0 Å². The number of anilines is 1. The normalized spacial score (nSPS) is 10.4. The molecule has 2 aromatic carbocycles. The molecule has 24 heavy (non-hydrogen) atoms. The van der Waals surface area contributed by atoms with Crippen molar-refractivity contribution >= 4 is 11.7 Å². The third-order valence-electron chi connectivity index (χ3n) is 3.48. The molecule has 122 valence electrons. The number of ether oxygens (including phenoxy) is 1. The first-order valence-electron chi connectivity index (χ1n) is 7.62. The molecule has 1 amide bonds. The van der Waals surface area contributed by atoms with Gasteiger partial charge in [-0.2, -0.15) is 0 Å². The Balaban J connectivity index is 1.86. The Labute approximate surface area is 139 Å². The van der Waals surface area contributed by atoms with Crippen LogP contribution in [0.1, 0.15) is 22.8 Å². The Morgan fingerprint density at radius 3 is 2.62 bits per heavy atom. The van der Waals surface area contributed by atoms with Crippen molar-refractivity contribution in [3.63, 3.8) is 0 Å². The number of aromatic nitrogens is 2. The van der Waals surface area contributed by atoms with Gasteiger partial charge in [-0.05, 0) is 36.3 Å². The van der Waals surface area contributed by atoms with E-state index in [0.717, 1.165) is 11.1 Å². The van der Waals surface area contributed by atoms with Crippen LogP contribution in [0.5, 0.6) is 5.75 Å². The largest absolute Gasteiger partial charge is 0.493 e. The first-order chi connectivity index (χ1) is 11.7. The van der Waals surface area contributed by atoms with Crippen molar-refractivity contribution in [2.45, 2.75) is 13.8 Å². The number of hydrogen-bond donors (Lipinski definition) is 1. The summed E-state index contributed by atoms with van der Waals surface area (Å²) in [6, 6.07) is 14.8. The van der Waals surface area contributed by atoms with Gasteiger partial charge in [0.2, 0.25) is 5.82 Å². The average Bonchev–Trinajstić information content (AvgIpc) is 3.04. The van der Waals surface area contributed by atoms with E-state index < -0.39 is 0 Å². The summed E-state index contributed by atoms with van der Waals surface area (Å²) in [6.45, 7) is 4.34. The van der Waals surface area contributed by atoms with Gasteiger partial charge in [-0.1, -0.05) is 42.0 Å². The molecular formula is C18H17N3O3. The molecule has 0 spiro atoms. The molecular weight excluding hydrogens is 306 g/mol. The zero-order chi connectivity index (χ0) is 16.9. The SMILES string of the molecule is CCOc1ccccc1C(=O)Nc1nonc1-c1ccc(C)cc1. The van der Waals surface area contributed by atoms with Crippen LogP contribution in [0.4, 0.5) is 5.82 Å². The Morgan fingerprint density at radius 1 is 1.12 bits per heavy atom. The summed E-state index contributed by atoms with van der Waals surface area (Å²) in [4.78, 5) is 12.5. The Kier molecular flexibility index (Phi) is 4.56. The third-order valence-corrected chi connectivity index (χ3v) is 3.48. The maximum atomic E-state index is 12.5. The van der Waals surface area contributed by atoms with Crippen LogP contribution in [-0.2, 0) is 0 Å². The van der Waals surface area contributed by atoms with Gasteiger partial charge in [0.25, 0.3) is 5.91 Å². The van der Waals surface area contributed by atoms with Gasteiger partial charge in [-0.15, -0.1) is 0 Å². The second-order valence-corrected chi connectivity index (χ2v) is 5.21. The van der Waals surface area contributed by atoms with Crippen molar-refractivity contribution in [3.8, 4) is 17.0 Å². The van der Waals surface area contributed by atoms with Gasteiger partial charge in [0.05, 0.1) is 12.2 Å². The van der Waals surface area contributed by atoms with Crippen LogP contribution < -0.4 is 10.1 Å². The van der Waals surface area contributed by atoms with E-state index in [4.69, 9.17) is 9.37 Å². The van der Waals surface area contributed by atoms with E-state index in [1.165, 1.54) is 0 Å². The lowest BCUT2D eigenvalue weighted by Gasteiger charge is -2.09. The molecule has 0 saturated carbocycles. The average molecular weight is 323 g/mol. The molecule has 0 unspecified atom stereocenters. The van der Waals surface area contributed by atoms with Crippen LogP contribution in [0.2, 0.25) is 0 Å². The van der Waals surface area contributed by atoms with E-state index in [1.807, 2.05) is 44.2 Å². The van der Waals surface area contributed by atoms with E-state index in [9.17, 15) is 4.79 Å². The molecule has 1 N–H and O–H groups in total. The van der Waals surface area contributed by atoms with E-state index in [-0.39, 0.29) is 11.7 Å². The first-order valence-corrected chi connectivity index (χ1v) is 7.62. The second-order valence-electron chi connectivity index (χ2n) is 5.21. The molecule has 0 fully saturated rings. The van der Waals surface area contributed by atoms with Crippen LogP contribution in [0.3, 0.4) is 0 Å². The quantitative estimate of drug-likeness (QED) is 0.774. The van der Waals surface area contributed by atoms with Gasteiger partial charge in [0, 0.05) is 5.56 Å². The number of carbonyl (C=O) groups excluding carboxylic acids is 1. The predicted octanol–water partition coefficient (Wildman–Crippen LogP) is 3.70. The van der Waals surface area contributed by atoms with Crippen LogP contribution >= 0.6 is 0 Å². The Hall–Kier alpha value is -3.15. The van der Waals surface area contributed by atoms with Crippen molar-refractivity contribution in [3.05, 3.63) is 59.7 Å². The predicted molar refractivity (Wildman–Crippen MR) is 90.0 cm³/mol. The van der Waals surface area contributed by atoms with Gasteiger partial charge in [-0.25, -0.2) is 4.63 Å². The second kappa shape index (κ2) is 6.95. The topological polar surface area (TPSA) is 77.2 Å². The smallest absolute Gasteiger partial charge is 0.260 e. The van der Waals surface area contributed by atoms with Crippen molar-refractivity contribution in [1.29, 1.82) is 0 Å². The van der Waals surface area contributed by atoms with Crippen LogP contribution in [0, 0.1) is 6.92 Å². The molecule has 0 aliphatic rings. The van der Waals surface area contributed by atoms with E-state index in [2.05, 4.69) is 15.6 Å². The number of nitrogens with one attached hydrogen (secondary N) is 1. The fourth-order valence-electron chi connectivity index (χ4n) is 2.28. The highest BCUT2D eigenvalue weighted by Gasteiger charge is 2.18. The third kappa shape index (κ3) is 3.27. The zero-order valence-corrected chi connectivity index (χ0v) is 13.4. The van der Waals surface area contributed by atoms with Crippen molar-refractivity contribution in [2.75, 3.05) is 11.9 Å². The standard InChI is InChI=1S/C18H17N3O3/c1-3-23-15-7-5-4-6-14(15)18(22)19-17-16(20-24-21-17)13-10-8-12(2)9-11-13/h4-11H,3H2,1-2H3,(H,19,21,22). The van der Waals surface area contributed by atoms with Gasteiger partial charge >= 0.3 is 0 Å². The van der Waals surface area contributed by atoms with Gasteiger partial charge in [-0.3, -0.25) is 4.79 Å². The number of carbonyl (C=O) groups is 1. The zero-order valence-electron chi connectivity index (χ0n) is 13.4. The summed E-state index contributed by atoms with van der Waals surface area (Å²) >= 11 is 0. The number of hydrogen-bond acceptors (Lipinski definition) is 5. The molecule has 6 heteroatoms. The summed E-state index contributed by atoms with van der Waals surface area (Å²) in [7, 11) is 0. The highest BCUT2D eigenvalue weighted by molar-refractivity contribution is 6.07.